The lowest BCUT2D eigenvalue weighted by molar-refractivity contribution is -0.384. The zero-order valence-electron chi connectivity index (χ0n) is 18.5. The minimum Gasteiger partial charge on any atom is -0.482 e. The summed E-state index contributed by atoms with van der Waals surface area (Å²) in [7, 11) is 0. The second-order valence-corrected chi connectivity index (χ2v) is 7.95. The second-order valence-electron chi connectivity index (χ2n) is 7.95. The van der Waals surface area contributed by atoms with Gasteiger partial charge in [0, 0.05) is 24.1 Å². The molecule has 0 saturated carbocycles. The molecule has 0 fully saturated rings. The summed E-state index contributed by atoms with van der Waals surface area (Å²) in [4.78, 5) is 29.3. The highest BCUT2D eigenvalue weighted by Gasteiger charge is 2.25. The molecule has 0 N–H and O–H groups in total. The van der Waals surface area contributed by atoms with E-state index in [1.165, 1.54) is 12.1 Å². The van der Waals surface area contributed by atoms with Gasteiger partial charge < -0.3 is 14.0 Å². The average molecular weight is 468 g/mol. The van der Waals surface area contributed by atoms with Gasteiger partial charge in [-0.3, -0.25) is 14.9 Å². The van der Waals surface area contributed by atoms with Crippen molar-refractivity contribution >= 4 is 34.5 Å². The molecular formula is C27H20N2O6. The number of hydrogen-bond donors (Lipinski definition) is 0. The monoisotopic (exact) mass is 468 g/mol. The molecule has 0 saturated heterocycles. The number of nitro benzene ring substituents is 1. The summed E-state index contributed by atoms with van der Waals surface area (Å²) in [6.45, 7) is 0.0528. The molecule has 0 spiro atoms. The van der Waals surface area contributed by atoms with E-state index in [4.69, 9.17) is 14.0 Å². The van der Waals surface area contributed by atoms with Crippen LogP contribution in [0.25, 0.3) is 23.1 Å². The molecule has 1 aliphatic heterocycles. The normalized spacial score (nSPS) is 15.2. The molecule has 8 heteroatoms. The van der Waals surface area contributed by atoms with Crippen molar-refractivity contribution in [1.29, 1.82) is 0 Å². The Morgan fingerprint density at radius 3 is 2.66 bits per heavy atom. The minimum atomic E-state index is -0.457. The van der Waals surface area contributed by atoms with E-state index in [-0.39, 0.29) is 23.5 Å². The van der Waals surface area contributed by atoms with Crippen molar-refractivity contribution in [3.8, 4) is 5.75 Å². The van der Waals surface area contributed by atoms with E-state index < -0.39 is 11.0 Å². The maximum atomic E-state index is 13.2. The lowest BCUT2D eigenvalue weighted by atomic mass is 10.0. The first-order valence-electron chi connectivity index (χ1n) is 11.0. The molecule has 2 heterocycles. The van der Waals surface area contributed by atoms with Crippen LogP contribution in [0.15, 0.2) is 93.2 Å². The standard InChI is InChI=1S/C27H20N2O6/c30-26-22-11-4-5-12-24(22)34-25(14-13-18-7-2-1-3-8-18)27(26)33-17-21-16-23(28-35-21)19-9-6-10-20(15-19)29(31)32/h1-15,21H,16-17H2/b14-13+. The molecular weight excluding hydrogens is 448 g/mol. The number of nitro groups is 1. The van der Waals surface area contributed by atoms with E-state index in [1.807, 2.05) is 36.4 Å². The van der Waals surface area contributed by atoms with Gasteiger partial charge in [0.05, 0.1) is 16.0 Å². The number of para-hydroxylation sites is 1. The Balaban J connectivity index is 1.37. The summed E-state index contributed by atoms with van der Waals surface area (Å²) < 4.78 is 11.9. The fraction of sp³-hybridized carbons (Fsp3) is 0.111. The van der Waals surface area contributed by atoms with Gasteiger partial charge in [0.25, 0.3) is 5.69 Å². The van der Waals surface area contributed by atoms with Crippen LogP contribution in [0.3, 0.4) is 0 Å². The molecule has 1 unspecified atom stereocenters. The Bertz CT molecular complexity index is 1510. The van der Waals surface area contributed by atoms with E-state index in [2.05, 4.69) is 5.16 Å². The highest BCUT2D eigenvalue weighted by atomic mass is 16.7. The molecule has 5 rings (SSSR count). The van der Waals surface area contributed by atoms with Gasteiger partial charge in [-0.1, -0.05) is 65.8 Å². The number of benzene rings is 3. The van der Waals surface area contributed by atoms with Gasteiger partial charge in [-0.2, -0.15) is 0 Å². The van der Waals surface area contributed by atoms with E-state index >= 15 is 0 Å². The molecule has 0 bridgehead atoms. The molecule has 8 nitrogen and oxygen atoms in total. The second kappa shape index (κ2) is 9.64. The molecule has 0 amide bonds. The topological polar surface area (TPSA) is 104 Å². The maximum Gasteiger partial charge on any atom is 0.270 e. The third-order valence-electron chi connectivity index (χ3n) is 5.55. The van der Waals surface area contributed by atoms with E-state index in [0.717, 1.165) is 5.56 Å². The fourth-order valence-corrected chi connectivity index (χ4v) is 3.79. The largest absolute Gasteiger partial charge is 0.482 e. The highest BCUT2D eigenvalue weighted by Crippen LogP contribution is 2.25. The summed E-state index contributed by atoms with van der Waals surface area (Å²) in [5.41, 5.74) is 2.30. The number of nitrogens with zero attached hydrogens (tertiary/aromatic N) is 2. The van der Waals surface area contributed by atoms with E-state index in [0.29, 0.717) is 34.4 Å². The number of ether oxygens (including phenoxy) is 1. The van der Waals surface area contributed by atoms with Crippen molar-refractivity contribution in [3.05, 3.63) is 116 Å². The predicted molar refractivity (Wildman–Crippen MR) is 132 cm³/mol. The summed E-state index contributed by atoms with van der Waals surface area (Å²) in [5, 5.41) is 15.5. The molecule has 3 aromatic carbocycles. The van der Waals surface area contributed by atoms with Gasteiger partial charge in [-0.25, -0.2) is 0 Å². The molecule has 1 aliphatic rings. The zero-order valence-corrected chi connectivity index (χ0v) is 18.5. The lowest BCUT2D eigenvalue weighted by Gasteiger charge is -2.12. The Morgan fingerprint density at radius 2 is 1.83 bits per heavy atom. The number of non-ortho nitro benzene ring substituents is 1. The van der Waals surface area contributed by atoms with Crippen molar-refractivity contribution in [3.63, 3.8) is 0 Å². The first-order chi connectivity index (χ1) is 17.1. The summed E-state index contributed by atoms with van der Waals surface area (Å²) in [6, 6.07) is 22.9. The van der Waals surface area contributed by atoms with Crippen molar-refractivity contribution < 1.29 is 18.9 Å². The molecule has 35 heavy (non-hydrogen) atoms. The van der Waals surface area contributed by atoms with Crippen LogP contribution in [0.1, 0.15) is 23.3 Å². The number of oxime groups is 1. The Labute approximate surface area is 199 Å². The first-order valence-corrected chi connectivity index (χ1v) is 11.0. The van der Waals surface area contributed by atoms with Crippen LogP contribution in [0.4, 0.5) is 5.69 Å². The Hall–Kier alpha value is -4.72. The molecule has 174 valence electrons. The summed E-state index contributed by atoms with van der Waals surface area (Å²) in [6.07, 6.45) is 3.48. The van der Waals surface area contributed by atoms with Gasteiger partial charge >= 0.3 is 0 Å². The van der Waals surface area contributed by atoms with Crippen LogP contribution in [0, 0.1) is 10.1 Å². The van der Waals surface area contributed by atoms with Crippen LogP contribution in [-0.4, -0.2) is 23.3 Å². The summed E-state index contributed by atoms with van der Waals surface area (Å²) >= 11 is 0. The first kappa shape index (κ1) is 22.1. The lowest BCUT2D eigenvalue weighted by Crippen LogP contribution is -2.21. The molecule has 1 aromatic heterocycles. The fourth-order valence-electron chi connectivity index (χ4n) is 3.79. The quantitative estimate of drug-likeness (QED) is 0.264. The number of fused-ring (bicyclic) bond motifs is 1. The third kappa shape index (κ3) is 4.81. The molecule has 1 atom stereocenters. The minimum absolute atomic E-state index is 0.0199. The van der Waals surface area contributed by atoms with Gasteiger partial charge in [-0.15, -0.1) is 0 Å². The third-order valence-corrected chi connectivity index (χ3v) is 5.55. The van der Waals surface area contributed by atoms with Crippen molar-refractivity contribution in [2.24, 2.45) is 5.16 Å². The van der Waals surface area contributed by atoms with Gasteiger partial charge in [0.1, 0.15) is 12.2 Å². The van der Waals surface area contributed by atoms with E-state index in [1.54, 1.807) is 42.5 Å². The smallest absolute Gasteiger partial charge is 0.270 e. The molecule has 4 aromatic rings. The van der Waals surface area contributed by atoms with Gasteiger partial charge in [0.2, 0.25) is 11.2 Å². The van der Waals surface area contributed by atoms with Crippen LogP contribution >= 0.6 is 0 Å². The Kier molecular flexibility index (Phi) is 6.09. The van der Waals surface area contributed by atoms with Crippen LogP contribution in [-0.2, 0) is 4.84 Å². The van der Waals surface area contributed by atoms with Crippen LogP contribution < -0.4 is 10.2 Å². The number of hydrogen-bond acceptors (Lipinski definition) is 7. The van der Waals surface area contributed by atoms with Crippen molar-refractivity contribution in [1.82, 2.24) is 0 Å². The van der Waals surface area contributed by atoms with Crippen molar-refractivity contribution in [2.45, 2.75) is 12.5 Å². The molecule has 0 aliphatic carbocycles. The highest BCUT2D eigenvalue weighted by molar-refractivity contribution is 6.01. The van der Waals surface area contributed by atoms with E-state index in [9.17, 15) is 14.9 Å². The maximum absolute atomic E-state index is 13.2. The number of rotatable bonds is 7. The Morgan fingerprint density at radius 1 is 1.03 bits per heavy atom. The average Bonchev–Trinajstić information content (AvgIpc) is 3.37. The molecule has 0 radical (unpaired) electrons. The zero-order chi connectivity index (χ0) is 24.2. The van der Waals surface area contributed by atoms with Gasteiger partial charge in [-0.05, 0) is 23.8 Å². The SMILES string of the molecule is O=c1c(OCC2CC(c3cccc([N+](=O)[O-])c3)=NO2)c(/C=C/c2ccccc2)oc2ccccc12. The predicted octanol–water partition coefficient (Wildman–Crippen LogP) is 5.44. The van der Waals surface area contributed by atoms with Gasteiger partial charge in [0.15, 0.2) is 11.9 Å². The van der Waals surface area contributed by atoms with Crippen LogP contribution in [0.5, 0.6) is 5.75 Å². The van der Waals surface area contributed by atoms with Crippen molar-refractivity contribution in [2.75, 3.05) is 6.61 Å². The summed E-state index contributed by atoms with van der Waals surface area (Å²) in [5.74, 6) is 0.388. The van der Waals surface area contributed by atoms with Crippen LogP contribution in [0.2, 0.25) is 0 Å².